The highest BCUT2D eigenvalue weighted by atomic mass is 16.3. The number of nitrogens with one attached hydrogen (secondary N) is 1. The molecule has 2 aromatic heterocycles. The molecule has 5 nitrogen and oxygen atoms in total. The zero-order valence-corrected chi connectivity index (χ0v) is 12.3. The quantitative estimate of drug-likeness (QED) is 0.787. The SMILES string of the molecule is Cc1occc1C(=O)NCc1cnn(Cc2ccccc2)c1. The molecule has 0 fully saturated rings. The Hall–Kier alpha value is -2.82. The molecule has 1 amide bonds. The van der Waals surface area contributed by atoms with Gasteiger partial charge < -0.3 is 9.73 Å². The number of carbonyl (C=O) groups excluding carboxylic acids is 1. The van der Waals surface area contributed by atoms with Gasteiger partial charge in [-0.15, -0.1) is 0 Å². The molecule has 3 aromatic rings. The topological polar surface area (TPSA) is 60.1 Å². The molecule has 2 heterocycles. The molecule has 0 aliphatic carbocycles. The lowest BCUT2D eigenvalue weighted by Gasteiger charge is -2.02. The van der Waals surface area contributed by atoms with Gasteiger partial charge in [0.25, 0.3) is 5.91 Å². The van der Waals surface area contributed by atoms with Gasteiger partial charge in [0.2, 0.25) is 0 Å². The maximum atomic E-state index is 12.0. The van der Waals surface area contributed by atoms with E-state index in [2.05, 4.69) is 22.5 Å². The van der Waals surface area contributed by atoms with Crippen LogP contribution in [-0.2, 0) is 13.1 Å². The van der Waals surface area contributed by atoms with Gasteiger partial charge in [-0.05, 0) is 18.6 Å². The summed E-state index contributed by atoms with van der Waals surface area (Å²) in [6.45, 7) is 2.93. The van der Waals surface area contributed by atoms with Crippen LogP contribution in [0.1, 0.15) is 27.2 Å². The number of nitrogens with zero attached hydrogens (tertiary/aromatic N) is 2. The van der Waals surface area contributed by atoms with E-state index < -0.39 is 0 Å². The zero-order valence-electron chi connectivity index (χ0n) is 12.3. The van der Waals surface area contributed by atoms with E-state index >= 15 is 0 Å². The van der Waals surface area contributed by atoms with Gasteiger partial charge in [0.05, 0.1) is 24.6 Å². The summed E-state index contributed by atoms with van der Waals surface area (Å²) < 4.78 is 6.99. The van der Waals surface area contributed by atoms with Crippen molar-refractivity contribution >= 4 is 5.91 Å². The summed E-state index contributed by atoms with van der Waals surface area (Å²) in [4.78, 5) is 12.0. The molecule has 0 saturated carbocycles. The third kappa shape index (κ3) is 3.25. The molecule has 5 heteroatoms. The predicted molar refractivity (Wildman–Crippen MR) is 82.4 cm³/mol. The van der Waals surface area contributed by atoms with Gasteiger partial charge in [-0.1, -0.05) is 30.3 Å². The van der Waals surface area contributed by atoms with Crippen molar-refractivity contribution in [3.8, 4) is 0 Å². The molecule has 0 spiro atoms. The largest absolute Gasteiger partial charge is 0.469 e. The number of furan rings is 1. The van der Waals surface area contributed by atoms with Gasteiger partial charge in [-0.2, -0.15) is 5.10 Å². The van der Waals surface area contributed by atoms with Crippen LogP contribution in [0.25, 0.3) is 0 Å². The molecule has 0 aliphatic heterocycles. The Balaban J connectivity index is 1.58. The van der Waals surface area contributed by atoms with Crippen LogP contribution in [0.5, 0.6) is 0 Å². The average Bonchev–Trinajstić information content (AvgIpc) is 3.15. The zero-order chi connectivity index (χ0) is 15.4. The normalized spacial score (nSPS) is 10.6. The lowest BCUT2D eigenvalue weighted by atomic mass is 10.2. The molecule has 0 atom stereocenters. The lowest BCUT2D eigenvalue weighted by Crippen LogP contribution is -2.22. The number of hydrogen-bond acceptors (Lipinski definition) is 3. The maximum absolute atomic E-state index is 12.0. The summed E-state index contributed by atoms with van der Waals surface area (Å²) in [7, 11) is 0. The Morgan fingerprint density at radius 1 is 1.23 bits per heavy atom. The highest BCUT2D eigenvalue weighted by Crippen LogP contribution is 2.09. The van der Waals surface area contributed by atoms with E-state index in [1.807, 2.05) is 29.1 Å². The minimum absolute atomic E-state index is 0.137. The monoisotopic (exact) mass is 295 g/mol. The highest BCUT2D eigenvalue weighted by molar-refractivity contribution is 5.94. The molecular formula is C17H17N3O2. The van der Waals surface area contributed by atoms with Gasteiger partial charge in [-0.25, -0.2) is 0 Å². The molecular weight excluding hydrogens is 278 g/mol. The summed E-state index contributed by atoms with van der Waals surface area (Å²) in [6.07, 6.45) is 5.23. The Bertz CT molecular complexity index is 759. The van der Waals surface area contributed by atoms with Crippen molar-refractivity contribution in [2.75, 3.05) is 0 Å². The third-order valence-corrected chi connectivity index (χ3v) is 3.43. The van der Waals surface area contributed by atoms with Crippen LogP contribution in [-0.4, -0.2) is 15.7 Å². The molecule has 0 radical (unpaired) electrons. The molecule has 112 valence electrons. The van der Waals surface area contributed by atoms with E-state index in [9.17, 15) is 4.79 Å². The fourth-order valence-electron chi connectivity index (χ4n) is 2.25. The lowest BCUT2D eigenvalue weighted by molar-refractivity contribution is 0.0949. The first-order valence-electron chi connectivity index (χ1n) is 7.10. The van der Waals surface area contributed by atoms with Crippen molar-refractivity contribution in [1.29, 1.82) is 0 Å². The molecule has 3 rings (SSSR count). The number of hydrogen-bond donors (Lipinski definition) is 1. The van der Waals surface area contributed by atoms with Crippen LogP contribution in [0.4, 0.5) is 0 Å². The van der Waals surface area contributed by atoms with Crippen molar-refractivity contribution in [3.05, 3.63) is 77.5 Å². The minimum Gasteiger partial charge on any atom is -0.469 e. The smallest absolute Gasteiger partial charge is 0.255 e. The van der Waals surface area contributed by atoms with E-state index in [1.165, 1.54) is 11.8 Å². The number of aryl methyl sites for hydroxylation is 1. The summed E-state index contributed by atoms with van der Waals surface area (Å²) in [6, 6.07) is 11.8. The Morgan fingerprint density at radius 3 is 2.77 bits per heavy atom. The summed E-state index contributed by atoms with van der Waals surface area (Å²) in [5.41, 5.74) is 2.72. The number of amides is 1. The van der Waals surface area contributed by atoms with Crippen molar-refractivity contribution in [2.45, 2.75) is 20.0 Å². The van der Waals surface area contributed by atoms with Gasteiger partial charge >= 0.3 is 0 Å². The average molecular weight is 295 g/mol. The van der Waals surface area contributed by atoms with Crippen LogP contribution in [0.2, 0.25) is 0 Å². The number of rotatable bonds is 5. The summed E-state index contributed by atoms with van der Waals surface area (Å²) in [5, 5.41) is 7.18. The van der Waals surface area contributed by atoms with E-state index in [0.717, 1.165) is 12.1 Å². The number of carbonyl (C=O) groups is 1. The van der Waals surface area contributed by atoms with Crippen molar-refractivity contribution in [2.24, 2.45) is 0 Å². The van der Waals surface area contributed by atoms with E-state index in [4.69, 9.17) is 4.42 Å². The molecule has 1 aromatic carbocycles. The minimum atomic E-state index is -0.137. The van der Waals surface area contributed by atoms with Gasteiger partial charge in [0.1, 0.15) is 5.76 Å². The van der Waals surface area contributed by atoms with Crippen molar-refractivity contribution in [1.82, 2.24) is 15.1 Å². The second kappa shape index (κ2) is 6.30. The molecule has 1 N–H and O–H groups in total. The van der Waals surface area contributed by atoms with E-state index in [0.29, 0.717) is 17.9 Å². The highest BCUT2D eigenvalue weighted by Gasteiger charge is 2.11. The Kier molecular flexibility index (Phi) is 4.05. The summed E-state index contributed by atoms with van der Waals surface area (Å²) in [5.74, 6) is 0.485. The molecule has 0 unspecified atom stereocenters. The number of aromatic nitrogens is 2. The van der Waals surface area contributed by atoms with E-state index in [-0.39, 0.29) is 5.91 Å². The van der Waals surface area contributed by atoms with Gasteiger partial charge in [-0.3, -0.25) is 9.48 Å². The predicted octanol–water partition coefficient (Wildman–Crippen LogP) is 2.76. The fraction of sp³-hybridized carbons (Fsp3) is 0.176. The fourth-order valence-corrected chi connectivity index (χ4v) is 2.25. The maximum Gasteiger partial charge on any atom is 0.255 e. The van der Waals surface area contributed by atoms with Crippen LogP contribution in [0.3, 0.4) is 0 Å². The first-order valence-corrected chi connectivity index (χ1v) is 7.10. The van der Waals surface area contributed by atoms with Gasteiger partial charge in [0.15, 0.2) is 0 Å². The third-order valence-electron chi connectivity index (χ3n) is 3.43. The number of benzene rings is 1. The van der Waals surface area contributed by atoms with Gasteiger partial charge in [0, 0.05) is 18.3 Å². The summed E-state index contributed by atoms with van der Waals surface area (Å²) >= 11 is 0. The Morgan fingerprint density at radius 2 is 2.05 bits per heavy atom. The van der Waals surface area contributed by atoms with Crippen LogP contribution in [0, 0.1) is 6.92 Å². The molecule has 0 bridgehead atoms. The molecule has 0 saturated heterocycles. The first kappa shape index (κ1) is 14.1. The Labute approximate surface area is 128 Å². The van der Waals surface area contributed by atoms with Crippen LogP contribution < -0.4 is 5.32 Å². The van der Waals surface area contributed by atoms with Crippen molar-refractivity contribution in [3.63, 3.8) is 0 Å². The first-order chi connectivity index (χ1) is 10.7. The molecule has 0 aliphatic rings. The second-order valence-corrected chi connectivity index (χ2v) is 5.10. The van der Waals surface area contributed by atoms with Crippen LogP contribution in [0.15, 0.2) is 59.5 Å². The van der Waals surface area contributed by atoms with E-state index in [1.54, 1.807) is 19.2 Å². The molecule has 22 heavy (non-hydrogen) atoms. The standard InChI is InChI=1S/C17H17N3O2/c1-13-16(7-8-22-13)17(21)18-9-15-10-19-20(12-15)11-14-5-3-2-4-6-14/h2-8,10,12H,9,11H2,1H3,(H,18,21). The van der Waals surface area contributed by atoms with Crippen molar-refractivity contribution < 1.29 is 9.21 Å². The second-order valence-electron chi connectivity index (χ2n) is 5.10. The van der Waals surface area contributed by atoms with Crippen LogP contribution >= 0.6 is 0 Å².